The lowest BCUT2D eigenvalue weighted by molar-refractivity contribution is 0.0291. The van der Waals surface area contributed by atoms with Gasteiger partial charge >= 0.3 is 6.09 Å². The number of unbranched alkanes of at least 4 members (excludes halogenated alkanes) is 12. The molecule has 0 aliphatic carbocycles. The molecule has 0 bridgehead atoms. The maximum Gasteiger partial charge on any atom is 0.410 e. The fourth-order valence-corrected chi connectivity index (χ4v) is 3.87. The second kappa shape index (κ2) is 15.1. The summed E-state index contributed by atoms with van der Waals surface area (Å²) in [7, 11) is 0. The molecule has 1 aliphatic rings. The van der Waals surface area contributed by atoms with Gasteiger partial charge < -0.3 is 15.0 Å². The van der Waals surface area contributed by atoms with Crippen molar-refractivity contribution in [2.45, 2.75) is 129 Å². The number of amides is 1. The molecule has 1 saturated heterocycles. The number of ether oxygens (including phenoxy) is 1. The Bertz CT molecular complexity index is 393. The van der Waals surface area contributed by atoms with E-state index < -0.39 is 5.60 Å². The molecule has 4 heteroatoms. The summed E-state index contributed by atoms with van der Waals surface area (Å²) in [6.45, 7) is 10.7. The molecular formula is C24H48N2O2. The van der Waals surface area contributed by atoms with Crippen LogP contribution in [-0.4, -0.2) is 42.3 Å². The molecule has 0 aromatic carbocycles. The molecule has 0 aromatic rings. The van der Waals surface area contributed by atoms with Crippen molar-refractivity contribution < 1.29 is 9.53 Å². The molecule has 1 N–H and O–H groups in total. The Kier molecular flexibility index (Phi) is 13.6. The van der Waals surface area contributed by atoms with Gasteiger partial charge in [-0.15, -0.1) is 0 Å². The highest BCUT2D eigenvalue weighted by atomic mass is 16.6. The maximum absolute atomic E-state index is 12.1. The molecule has 0 radical (unpaired) electrons. The fourth-order valence-electron chi connectivity index (χ4n) is 3.87. The standard InChI is InChI=1S/C24H48N2O2/c1-5-6-7-8-9-10-11-12-13-14-15-16-17-19-25-22-18-20-26(21-22)23(27)28-24(2,3)4/h22,25H,5-21H2,1-4H3. The lowest BCUT2D eigenvalue weighted by atomic mass is 10.0. The van der Waals surface area contributed by atoms with E-state index >= 15 is 0 Å². The summed E-state index contributed by atoms with van der Waals surface area (Å²) < 4.78 is 5.46. The van der Waals surface area contributed by atoms with E-state index in [-0.39, 0.29) is 6.09 Å². The molecular weight excluding hydrogens is 348 g/mol. The number of nitrogens with one attached hydrogen (secondary N) is 1. The van der Waals surface area contributed by atoms with Gasteiger partial charge in [-0.1, -0.05) is 84.0 Å². The Morgan fingerprint density at radius 2 is 1.39 bits per heavy atom. The van der Waals surface area contributed by atoms with Crippen LogP contribution >= 0.6 is 0 Å². The first kappa shape index (κ1) is 25.3. The molecule has 1 unspecified atom stereocenters. The Morgan fingerprint density at radius 1 is 0.893 bits per heavy atom. The highest BCUT2D eigenvalue weighted by molar-refractivity contribution is 5.68. The van der Waals surface area contributed by atoms with E-state index in [0.717, 1.165) is 26.1 Å². The van der Waals surface area contributed by atoms with Gasteiger partial charge in [-0.05, 0) is 40.2 Å². The van der Waals surface area contributed by atoms with Crippen molar-refractivity contribution in [3.8, 4) is 0 Å². The molecule has 1 atom stereocenters. The van der Waals surface area contributed by atoms with E-state index in [2.05, 4.69) is 12.2 Å². The quantitative estimate of drug-likeness (QED) is 0.314. The summed E-state index contributed by atoms with van der Waals surface area (Å²) in [5, 5.41) is 3.62. The predicted octanol–water partition coefficient (Wildman–Crippen LogP) is 6.68. The smallest absolute Gasteiger partial charge is 0.410 e. The molecule has 1 aliphatic heterocycles. The van der Waals surface area contributed by atoms with Gasteiger partial charge in [-0.2, -0.15) is 0 Å². The minimum Gasteiger partial charge on any atom is -0.444 e. The van der Waals surface area contributed by atoms with E-state index in [1.165, 1.54) is 83.5 Å². The molecule has 1 heterocycles. The molecule has 4 nitrogen and oxygen atoms in total. The van der Waals surface area contributed by atoms with Crippen molar-refractivity contribution >= 4 is 6.09 Å². The van der Waals surface area contributed by atoms with Gasteiger partial charge in [0.25, 0.3) is 0 Å². The highest BCUT2D eigenvalue weighted by Crippen LogP contribution is 2.16. The number of hydrogen-bond donors (Lipinski definition) is 1. The lowest BCUT2D eigenvalue weighted by Crippen LogP contribution is -2.38. The van der Waals surface area contributed by atoms with Crippen molar-refractivity contribution in [2.75, 3.05) is 19.6 Å². The molecule has 0 aromatic heterocycles. The Balaban J connectivity index is 1.86. The molecule has 1 rings (SSSR count). The zero-order chi connectivity index (χ0) is 20.7. The average molecular weight is 397 g/mol. The monoisotopic (exact) mass is 396 g/mol. The van der Waals surface area contributed by atoms with Crippen LogP contribution in [0.4, 0.5) is 4.79 Å². The van der Waals surface area contributed by atoms with Crippen molar-refractivity contribution in [3.63, 3.8) is 0 Å². The van der Waals surface area contributed by atoms with E-state index in [1.54, 1.807) is 0 Å². The zero-order valence-electron chi connectivity index (χ0n) is 19.4. The maximum atomic E-state index is 12.1. The minimum atomic E-state index is -0.406. The Morgan fingerprint density at radius 3 is 1.89 bits per heavy atom. The SMILES string of the molecule is CCCCCCCCCCCCCCCNC1CCN(C(=O)OC(C)(C)C)C1. The zero-order valence-corrected chi connectivity index (χ0v) is 19.4. The molecule has 1 fully saturated rings. The largest absolute Gasteiger partial charge is 0.444 e. The minimum absolute atomic E-state index is 0.169. The second-order valence-electron chi connectivity index (χ2n) is 9.61. The summed E-state index contributed by atoms with van der Waals surface area (Å²) in [6.07, 6.45) is 19.0. The van der Waals surface area contributed by atoms with Gasteiger partial charge in [0.1, 0.15) is 5.60 Å². The first-order chi connectivity index (χ1) is 13.4. The van der Waals surface area contributed by atoms with Crippen molar-refractivity contribution in [3.05, 3.63) is 0 Å². The number of rotatable bonds is 15. The van der Waals surface area contributed by atoms with E-state index in [9.17, 15) is 4.79 Å². The first-order valence-electron chi connectivity index (χ1n) is 12.1. The number of carbonyl (C=O) groups is 1. The lowest BCUT2D eigenvalue weighted by Gasteiger charge is -2.24. The van der Waals surface area contributed by atoms with Gasteiger partial charge in [0, 0.05) is 19.1 Å². The van der Waals surface area contributed by atoms with Crippen LogP contribution in [0.15, 0.2) is 0 Å². The average Bonchev–Trinajstić information content (AvgIpc) is 3.10. The summed E-state index contributed by atoms with van der Waals surface area (Å²) in [6, 6.07) is 0.435. The van der Waals surface area contributed by atoms with Crippen molar-refractivity contribution in [2.24, 2.45) is 0 Å². The topological polar surface area (TPSA) is 41.6 Å². The Hall–Kier alpha value is -0.770. The van der Waals surface area contributed by atoms with Crippen LogP contribution in [0.2, 0.25) is 0 Å². The number of likely N-dealkylation sites (tertiary alicyclic amines) is 1. The summed E-state index contributed by atoms with van der Waals surface area (Å²) in [5.74, 6) is 0. The van der Waals surface area contributed by atoms with Crippen LogP contribution in [0.3, 0.4) is 0 Å². The summed E-state index contributed by atoms with van der Waals surface area (Å²) >= 11 is 0. The third kappa shape index (κ3) is 13.4. The van der Waals surface area contributed by atoms with E-state index in [4.69, 9.17) is 4.74 Å². The fraction of sp³-hybridized carbons (Fsp3) is 0.958. The molecule has 166 valence electrons. The number of carbonyl (C=O) groups excluding carboxylic acids is 1. The van der Waals surface area contributed by atoms with Gasteiger partial charge in [0.05, 0.1) is 0 Å². The normalized spacial score (nSPS) is 17.3. The first-order valence-corrected chi connectivity index (χ1v) is 12.1. The van der Waals surface area contributed by atoms with Gasteiger partial charge in [-0.25, -0.2) is 4.79 Å². The molecule has 28 heavy (non-hydrogen) atoms. The second-order valence-corrected chi connectivity index (χ2v) is 9.61. The van der Waals surface area contributed by atoms with Crippen LogP contribution in [0.5, 0.6) is 0 Å². The van der Waals surface area contributed by atoms with Crippen molar-refractivity contribution in [1.82, 2.24) is 10.2 Å². The van der Waals surface area contributed by atoms with Crippen LogP contribution in [0, 0.1) is 0 Å². The predicted molar refractivity (Wildman–Crippen MR) is 120 cm³/mol. The number of hydrogen-bond acceptors (Lipinski definition) is 3. The van der Waals surface area contributed by atoms with Crippen LogP contribution in [0.25, 0.3) is 0 Å². The summed E-state index contributed by atoms with van der Waals surface area (Å²) in [4.78, 5) is 13.9. The van der Waals surface area contributed by atoms with E-state index in [1.807, 2.05) is 25.7 Å². The molecule has 0 saturated carbocycles. The van der Waals surface area contributed by atoms with Gasteiger partial charge in [-0.3, -0.25) is 0 Å². The van der Waals surface area contributed by atoms with Crippen LogP contribution in [0.1, 0.15) is 118 Å². The van der Waals surface area contributed by atoms with Crippen molar-refractivity contribution in [1.29, 1.82) is 0 Å². The third-order valence-corrected chi connectivity index (χ3v) is 5.55. The molecule has 1 amide bonds. The third-order valence-electron chi connectivity index (χ3n) is 5.55. The van der Waals surface area contributed by atoms with Crippen LogP contribution < -0.4 is 5.32 Å². The van der Waals surface area contributed by atoms with E-state index in [0.29, 0.717) is 6.04 Å². The highest BCUT2D eigenvalue weighted by Gasteiger charge is 2.29. The van der Waals surface area contributed by atoms with Gasteiger partial charge in [0.15, 0.2) is 0 Å². The Labute approximate surface area is 175 Å². The number of nitrogens with zero attached hydrogens (tertiary/aromatic N) is 1. The molecule has 0 spiro atoms. The van der Waals surface area contributed by atoms with Gasteiger partial charge in [0.2, 0.25) is 0 Å². The van der Waals surface area contributed by atoms with Crippen LogP contribution in [-0.2, 0) is 4.74 Å². The summed E-state index contributed by atoms with van der Waals surface area (Å²) in [5.41, 5.74) is -0.406.